The van der Waals surface area contributed by atoms with Crippen LogP contribution in [0.2, 0.25) is 0 Å². The van der Waals surface area contributed by atoms with Crippen LogP contribution >= 0.6 is 11.3 Å². The van der Waals surface area contributed by atoms with E-state index in [4.69, 9.17) is 6.42 Å². The SMILES string of the molecule is C#CCNS(=O)(=O)c1ccc(C)s1. The second-order valence-corrected chi connectivity index (χ2v) is 5.68. The molecule has 13 heavy (non-hydrogen) atoms. The van der Waals surface area contributed by atoms with Crippen molar-refractivity contribution in [2.45, 2.75) is 11.1 Å². The minimum atomic E-state index is -3.38. The number of hydrogen-bond donors (Lipinski definition) is 1. The Morgan fingerprint density at radius 1 is 1.62 bits per heavy atom. The predicted octanol–water partition coefficient (Wildman–Crippen LogP) is 0.968. The highest BCUT2D eigenvalue weighted by molar-refractivity contribution is 7.91. The van der Waals surface area contributed by atoms with Crippen molar-refractivity contribution >= 4 is 21.4 Å². The lowest BCUT2D eigenvalue weighted by Gasteiger charge is -1.98. The highest BCUT2D eigenvalue weighted by Gasteiger charge is 2.14. The number of thiophene rings is 1. The highest BCUT2D eigenvalue weighted by Crippen LogP contribution is 2.19. The summed E-state index contributed by atoms with van der Waals surface area (Å²) in [5.74, 6) is 2.21. The van der Waals surface area contributed by atoms with Crippen LogP contribution in [0.4, 0.5) is 0 Å². The van der Waals surface area contributed by atoms with E-state index >= 15 is 0 Å². The molecule has 0 aliphatic carbocycles. The maximum atomic E-state index is 11.4. The van der Waals surface area contributed by atoms with Gasteiger partial charge in [-0.05, 0) is 19.1 Å². The summed E-state index contributed by atoms with van der Waals surface area (Å²) in [5.41, 5.74) is 0. The summed E-state index contributed by atoms with van der Waals surface area (Å²) in [6, 6.07) is 3.33. The van der Waals surface area contributed by atoms with E-state index in [9.17, 15) is 8.42 Å². The predicted molar refractivity (Wildman–Crippen MR) is 53.1 cm³/mol. The lowest BCUT2D eigenvalue weighted by Crippen LogP contribution is -2.22. The van der Waals surface area contributed by atoms with Gasteiger partial charge >= 0.3 is 0 Å². The molecule has 1 rings (SSSR count). The van der Waals surface area contributed by atoms with Gasteiger partial charge in [0.15, 0.2) is 0 Å². The summed E-state index contributed by atoms with van der Waals surface area (Å²) in [4.78, 5) is 0.959. The monoisotopic (exact) mass is 215 g/mol. The maximum absolute atomic E-state index is 11.4. The molecule has 0 aromatic carbocycles. The van der Waals surface area contributed by atoms with E-state index in [1.54, 1.807) is 12.1 Å². The van der Waals surface area contributed by atoms with Crippen LogP contribution < -0.4 is 4.72 Å². The largest absolute Gasteiger partial charge is 0.250 e. The first-order valence-electron chi connectivity index (χ1n) is 3.56. The summed E-state index contributed by atoms with van der Waals surface area (Å²) in [7, 11) is -3.38. The van der Waals surface area contributed by atoms with E-state index in [2.05, 4.69) is 10.6 Å². The zero-order valence-electron chi connectivity index (χ0n) is 7.07. The highest BCUT2D eigenvalue weighted by atomic mass is 32.2. The molecule has 0 saturated carbocycles. The van der Waals surface area contributed by atoms with Gasteiger partial charge < -0.3 is 0 Å². The Hall–Kier alpha value is -0.830. The van der Waals surface area contributed by atoms with E-state index in [-0.39, 0.29) is 6.54 Å². The minimum Gasteiger partial charge on any atom is -0.206 e. The lowest BCUT2D eigenvalue weighted by atomic mass is 10.5. The molecule has 0 radical (unpaired) electrons. The average molecular weight is 215 g/mol. The Labute approximate surface area is 81.8 Å². The molecular weight excluding hydrogens is 206 g/mol. The number of sulfonamides is 1. The third-order valence-corrected chi connectivity index (χ3v) is 4.24. The fourth-order valence-electron chi connectivity index (χ4n) is 0.764. The lowest BCUT2D eigenvalue weighted by molar-refractivity contribution is 0.588. The summed E-state index contributed by atoms with van der Waals surface area (Å²) in [5, 5.41) is 0. The van der Waals surface area contributed by atoms with Crippen LogP contribution in [-0.2, 0) is 10.0 Å². The standard InChI is InChI=1S/C8H9NO2S2/c1-3-6-9-13(10,11)8-5-4-7(2)12-8/h1,4-5,9H,6H2,2H3. The molecule has 0 bridgehead atoms. The van der Waals surface area contributed by atoms with Gasteiger partial charge in [0.2, 0.25) is 0 Å². The molecule has 0 unspecified atom stereocenters. The molecule has 70 valence electrons. The molecule has 0 aliphatic rings. The third-order valence-electron chi connectivity index (χ3n) is 1.34. The molecule has 0 fully saturated rings. The van der Waals surface area contributed by atoms with Crippen LogP contribution in [0.1, 0.15) is 4.88 Å². The quantitative estimate of drug-likeness (QED) is 0.764. The van der Waals surface area contributed by atoms with Crippen LogP contribution in [0, 0.1) is 19.3 Å². The summed E-state index contributed by atoms with van der Waals surface area (Å²) >= 11 is 1.23. The fourth-order valence-corrected chi connectivity index (χ4v) is 3.03. The molecule has 0 amide bonds. The van der Waals surface area contributed by atoms with Gasteiger partial charge in [-0.3, -0.25) is 0 Å². The normalized spacial score (nSPS) is 11.1. The van der Waals surface area contributed by atoms with E-state index in [0.29, 0.717) is 4.21 Å². The van der Waals surface area contributed by atoms with E-state index in [1.165, 1.54) is 11.3 Å². The minimum absolute atomic E-state index is 0.0271. The third kappa shape index (κ3) is 2.56. The number of rotatable bonds is 3. The summed E-state index contributed by atoms with van der Waals surface area (Å²) in [6.07, 6.45) is 4.95. The van der Waals surface area contributed by atoms with E-state index in [1.807, 2.05) is 6.92 Å². The molecule has 1 aromatic rings. The van der Waals surface area contributed by atoms with Crippen LogP contribution in [0.3, 0.4) is 0 Å². The molecule has 1 heterocycles. The van der Waals surface area contributed by atoms with Gasteiger partial charge in [0, 0.05) is 4.88 Å². The molecule has 1 aromatic heterocycles. The number of terminal acetylenes is 1. The van der Waals surface area contributed by atoms with Gasteiger partial charge in [0.25, 0.3) is 10.0 Å². The van der Waals surface area contributed by atoms with Gasteiger partial charge in [-0.15, -0.1) is 17.8 Å². The van der Waals surface area contributed by atoms with Gasteiger partial charge in [-0.2, -0.15) is 4.72 Å². The number of nitrogens with one attached hydrogen (secondary N) is 1. The van der Waals surface area contributed by atoms with Gasteiger partial charge in [-0.1, -0.05) is 5.92 Å². The summed E-state index contributed by atoms with van der Waals surface area (Å²) in [6.45, 7) is 1.88. The maximum Gasteiger partial charge on any atom is 0.250 e. The fraction of sp³-hybridized carbons (Fsp3) is 0.250. The van der Waals surface area contributed by atoms with Crippen molar-refractivity contribution in [3.63, 3.8) is 0 Å². The Morgan fingerprint density at radius 2 is 2.31 bits per heavy atom. The molecule has 1 N–H and O–H groups in total. The molecule has 0 aliphatic heterocycles. The second kappa shape index (κ2) is 3.92. The summed E-state index contributed by atoms with van der Waals surface area (Å²) < 4.78 is 25.4. The Bertz CT molecular complexity index is 425. The van der Waals surface area contributed by atoms with Crippen molar-refractivity contribution in [2.24, 2.45) is 0 Å². The smallest absolute Gasteiger partial charge is 0.206 e. The van der Waals surface area contributed by atoms with Crippen LogP contribution in [0.15, 0.2) is 16.3 Å². The van der Waals surface area contributed by atoms with E-state index in [0.717, 1.165) is 4.88 Å². The molecule has 0 atom stereocenters. The Balaban J connectivity index is 2.89. The number of aryl methyl sites for hydroxylation is 1. The van der Waals surface area contributed by atoms with Crippen LogP contribution in [-0.4, -0.2) is 15.0 Å². The van der Waals surface area contributed by atoms with E-state index < -0.39 is 10.0 Å². The Kier molecular flexibility index (Phi) is 3.09. The molecular formula is C8H9NO2S2. The van der Waals surface area contributed by atoms with Crippen molar-refractivity contribution in [1.29, 1.82) is 0 Å². The first-order valence-corrected chi connectivity index (χ1v) is 5.86. The van der Waals surface area contributed by atoms with Crippen molar-refractivity contribution in [2.75, 3.05) is 6.54 Å². The van der Waals surface area contributed by atoms with Crippen molar-refractivity contribution < 1.29 is 8.42 Å². The molecule has 3 nitrogen and oxygen atoms in total. The topological polar surface area (TPSA) is 46.2 Å². The zero-order valence-corrected chi connectivity index (χ0v) is 8.71. The van der Waals surface area contributed by atoms with Gasteiger partial charge in [-0.25, -0.2) is 8.42 Å². The molecule has 0 spiro atoms. The average Bonchev–Trinajstić information content (AvgIpc) is 2.49. The van der Waals surface area contributed by atoms with Crippen molar-refractivity contribution in [3.05, 3.63) is 17.0 Å². The Morgan fingerprint density at radius 3 is 2.77 bits per heavy atom. The first-order chi connectivity index (χ1) is 6.06. The van der Waals surface area contributed by atoms with Crippen molar-refractivity contribution in [1.82, 2.24) is 4.72 Å². The second-order valence-electron chi connectivity index (χ2n) is 2.39. The molecule has 5 heteroatoms. The zero-order chi connectivity index (χ0) is 9.90. The van der Waals surface area contributed by atoms with Gasteiger partial charge in [0.1, 0.15) is 4.21 Å². The molecule has 0 saturated heterocycles. The van der Waals surface area contributed by atoms with Crippen molar-refractivity contribution in [3.8, 4) is 12.3 Å². The number of hydrogen-bond acceptors (Lipinski definition) is 3. The van der Waals surface area contributed by atoms with Gasteiger partial charge in [0.05, 0.1) is 6.54 Å². The first kappa shape index (κ1) is 10.3. The van der Waals surface area contributed by atoms with Crippen LogP contribution in [0.25, 0.3) is 0 Å². The van der Waals surface area contributed by atoms with Crippen LogP contribution in [0.5, 0.6) is 0 Å².